The molecule has 4 nitrogen and oxygen atoms in total. The summed E-state index contributed by atoms with van der Waals surface area (Å²) in [6, 6.07) is 10.7. The topological polar surface area (TPSA) is 42.2 Å². The Bertz CT molecular complexity index is 638. The molecule has 1 aromatic carbocycles. The summed E-state index contributed by atoms with van der Waals surface area (Å²) >= 11 is 0. The van der Waals surface area contributed by atoms with Crippen molar-refractivity contribution in [1.29, 1.82) is 0 Å². The molecule has 120 valence electrons. The van der Waals surface area contributed by atoms with E-state index in [0.29, 0.717) is 31.4 Å². The molecule has 0 saturated heterocycles. The largest absolute Gasteiger partial charge is 0.338 e. The molecule has 4 heteroatoms. The highest BCUT2D eigenvalue weighted by atomic mass is 16.5. The second-order valence-corrected chi connectivity index (χ2v) is 6.17. The van der Waals surface area contributed by atoms with Crippen molar-refractivity contribution in [2.75, 3.05) is 6.54 Å². The second kappa shape index (κ2) is 7.94. The predicted octanol–water partition coefficient (Wildman–Crippen LogP) is 3.43. The minimum absolute atomic E-state index is 0.546. The number of rotatable bonds is 6. The quantitative estimate of drug-likeness (QED) is 0.767. The van der Waals surface area contributed by atoms with Crippen molar-refractivity contribution in [3.63, 3.8) is 0 Å². The van der Waals surface area contributed by atoms with Crippen LogP contribution >= 0.6 is 0 Å². The van der Waals surface area contributed by atoms with Crippen LogP contribution in [0.3, 0.4) is 0 Å². The summed E-state index contributed by atoms with van der Waals surface area (Å²) in [5.41, 5.74) is 1.19. The third-order valence-corrected chi connectivity index (χ3v) is 4.44. The molecule has 1 fully saturated rings. The van der Waals surface area contributed by atoms with E-state index >= 15 is 0 Å². The van der Waals surface area contributed by atoms with E-state index in [1.165, 1.54) is 37.7 Å². The predicted molar refractivity (Wildman–Crippen MR) is 89.7 cm³/mol. The summed E-state index contributed by atoms with van der Waals surface area (Å²) in [4.78, 5) is 6.84. The number of hydrogen-bond donors (Lipinski definition) is 0. The van der Waals surface area contributed by atoms with Gasteiger partial charge in [0.05, 0.1) is 13.1 Å². The van der Waals surface area contributed by atoms with Gasteiger partial charge in [-0.15, -0.1) is 6.42 Å². The molecule has 0 unspecified atom stereocenters. The summed E-state index contributed by atoms with van der Waals surface area (Å²) in [6.07, 6.45) is 12.6. The van der Waals surface area contributed by atoms with Gasteiger partial charge in [-0.2, -0.15) is 4.98 Å². The van der Waals surface area contributed by atoms with E-state index in [1.54, 1.807) is 0 Å². The Labute approximate surface area is 137 Å². The van der Waals surface area contributed by atoms with Gasteiger partial charge in [0.15, 0.2) is 5.82 Å². The fourth-order valence-electron chi connectivity index (χ4n) is 3.26. The fourth-order valence-corrected chi connectivity index (χ4v) is 3.26. The van der Waals surface area contributed by atoms with Gasteiger partial charge >= 0.3 is 0 Å². The van der Waals surface area contributed by atoms with E-state index in [1.807, 2.05) is 18.2 Å². The van der Waals surface area contributed by atoms with Gasteiger partial charge in [-0.05, 0) is 18.4 Å². The highest BCUT2D eigenvalue weighted by molar-refractivity contribution is 5.18. The monoisotopic (exact) mass is 309 g/mol. The van der Waals surface area contributed by atoms with Crippen molar-refractivity contribution in [3.05, 3.63) is 47.6 Å². The van der Waals surface area contributed by atoms with Gasteiger partial charge in [0.25, 0.3) is 0 Å². The molecule has 2 aromatic rings. The molecule has 1 aromatic heterocycles. The van der Waals surface area contributed by atoms with E-state index in [0.717, 1.165) is 5.82 Å². The molecule has 0 radical (unpaired) electrons. The van der Waals surface area contributed by atoms with Gasteiger partial charge in [-0.1, -0.05) is 60.7 Å². The van der Waals surface area contributed by atoms with Crippen molar-refractivity contribution < 1.29 is 4.52 Å². The molecule has 23 heavy (non-hydrogen) atoms. The summed E-state index contributed by atoms with van der Waals surface area (Å²) < 4.78 is 5.43. The molecule has 0 aliphatic heterocycles. The van der Waals surface area contributed by atoms with Crippen molar-refractivity contribution in [1.82, 2.24) is 15.0 Å². The van der Waals surface area contributed by atoms with E-state index in [4.69, 9.17) is 10.9 Å². The number of terminal acetylenes is 1. The van der Waals surface area contributed by atoms with Crippen molar-refractivity contribution in [2.45, 2.75) is 51.1 Å². The van der Waals surface area contributed by atoms with Gasteiger partial charge < -0.3 is 4.52 Å². The molecular formula is C19H23N3O. The van der Waals surface area contributed by atoms with E-state index in [2.05, 4.69) is 33.1 Å². The van der Waals surface area contributed by atoms with Gasteiger partial charge in [-0.3, -0.25) is 4.90 Å². The minimum Gasteiger partial charge on any atom is -0.338 e. The Balaban J connectivity index is 1.63. The third-order valence-electron chi connectivity index (χ3n) is 4.44. The SMILES string of the molecule is C#CCN(Cc1nc(Cc2ccccc2)no1)C1CCCCC1. The first-order valence-corrected chi connectivity index (χ1v) is 8.38. The van der Waals surface area contributed by atoms with Crippen LogP contribution in [0.15, 0.2) is 34.9 Å². The van der Waals surface area contributed by atoms with Crippen molar-refractivity contribution in [2.24, 2.45) is 0 Å². The van der Waals surface area contributed by atoms with Gasteiger partial charge in [-0.25, -0.2) is 0 Å². The van der Waals surface area contributed by atoms with Crippen LogP contribution in [0, 0.1) is 12.3 Å². The Morgan fingerprint density at radius 2 is 1.96 bits per heavy atom. The van der Waals surface area contributed by atoms with E-state index in [-0.39, 0.29) is 0 Å². The van der Waals surface area contributed by atoms with Crippen LogP contribution in [0.4, 0.5) is 0 Å². The average molecular weight is 309 g/mol. The molecule has 0 N–H and O–H groups in total. The standard InChI is InChI=1S/C19H23N3O/c1-2-13-22(17-11-7-4-8-12-17)15-19-20-18(21-23-19)14-16-9-5-3-6-10-16/h1,3,5-6,9-10,17H,4,7-8,11-15H2. The normalized spacial score (nSPS) is 15.7. The zero-order valence-corrected chi connectivity index (χ0v) is 13.4. The molecule has 0 spiro atoms. The van der Waals surface area contributed by atoms with Crippen LogP contribution < -0.4 is 0 Å². The van der Waals surface area contributed by atoms with Crippen molar-refractivity contribution >= 4 is 0 Å². The van der Waals surface area contributed by atoms with E-state index in [9.17, 15) is 0 Å². The first kappa shape index (κ1) is 15.8. The van der Waals surface area contributed by atoms with E-state index < -0.39 is 0 Å². The molecule has 1 aliphatic rings. The molecule has 0 amide bonds. The van der Waals surface area contributed by atoms with Crippen LogP contribution in [0.25, 0.3) is 0 Å². The fraction of sp³-hybridized carbons (Fsp3) is 0.474. The summed E-state index contributed by atoms with van der Waals surface area (Å²) in [5, 5.41) is 4.11. The zero-order chi connectivity index (χ0) is 15.9. The first-order chi connectivity index (χ1) is 11.3. The second-order valence-electron chi connectivity index (χ2n) is 6.17. The lowest BCUT2D eigenvalue weighted by Gasteiger charge is -2.31. The van der Waals surface area contributed by atoms with Crippen LogP contribution in [0.1, 0.15) is 49.4 Å². The van der Waals surface area contributed by atoms with Crippen molar-refractivity contribution in [3.8, 4) is 12.3 Å². The number of aromatic nitrogens is 2. The number of nitrogens with zero attached hydrogens (tertiary/aromatic N) is 3. The Morgan fingerprint density at radius 1 is 1.17 bits per heavy atom. The lowest BCUT2D eigenvalue weighted by atomic mass is 9.94. The summed E-state index contributed by atoms with van der Waals surface area (Å²) in [6.45, 7) is 1.29. The molecule has 3 rings (SSSR count). The van der Waals surface area contributed by atoms with Gasteiger partial charge in [0.1, 0.15) is 0 Å². The molecule has 0 bridgehead atoms. The molecule has 1 saturated carbocycles. The number of hydrogen-bond acceptors (Lipinski definition) is 4. The van der Waals surface area contributed by atoms with Gasteiger partial charge in [0, 0.05) is 12.5 Å². The Hall–Kier alpha value is -2.12. The molecule has 0 atom stereocenters. The molecule has 1 aliphatic carbocycles. The average Bonchev–Trinajstić information content (AvgIpc) is 3.03. The van der Waals surface area contributed by atoms with Crippen LogP contribution in [0.5, 0.6) is 0 Å². The van der Waals surface area contributed by atoms with Crippen LogP contribution in [-0.4, -0.2) is 27.6 Å². The molecule has 1 heterocycles. The van der Waals surface area contributed by atoms with Crippen LogP contribution in [0.2, 0.25) is 0 Å². The van der Waals surface area contributed by atoms with Crippen LogP contribution in [-0.2, 0) is 13.0 Å². The lowest BCUT2D eigenvalue weighted by Crippen LogP contribution is -2.36. The zero-order valence-electron chi connectivity index (χ0n) is 13.4. The number of benzene rings is 1. The maximum absolute atomic E-state index is 5.54. The lowest BCUT2D eigenvalue weighted by molar-refractivity contribution is 0.149. The summed E-state index contributed by atoms with van der Waals surface area (Å²) in [5.74, 6) is 4.16. The highest BCUT2D eigenvalue weighted by Gasteiger charge is 2.22. The first-order valence-electron chi connectivity index (χ1n) is 8.38. The minimum atomic E-state index is 0.546. The maximum Gasteiger partial charge on any atom is 0.240 e. The Kier molecular flexibility index (Phi) is 5.44. The van der Waals surface area contributed by atoms with Gasteiger partial charge in [0.2, 0.25) is 5.89 Å². The third kappa shape index (κ3) is 4.43. The Morgan fingerprint density at radius 3 is 2.70 bits per heavy atom. The summed E-state index contributed by atoms with van der Waals surface area (Å²) in [7, 11) is 0. The molecular weight excluding hydrogens is 286 g/mol. The maximum atomic E-state index is 5.54. The highest BCUT2D eigenvalue weighted by Crippen LogP contribution is 2.23. The smallest absolute Gasteiger partial charge is 0.240 e.